The number of pyridine rings is 2. The molecule has 0 saturated carbocycles. The molecule has 0 unspecified atom stereocenters. The van der Waals surface area contributed by atoms with Crippen molar-refractivity contribution in [2.45, 2.75) is 12.8 Å². The number of carbonyl (C=O) groups is 1. The molecule has 1 aliphatic rings. The molecule has 1 fully saturated rings. The first-order valence-electron chi connectivity index (χ1n) is 8.53. The molecule has 1 saturated heterocycles. The van der Waals surface area contributed by atoms with Gasteiger partial charge < -0.3 is 10.2 Å². The Bertz CT molecular complexity index is 958. The van der Waals surface area contributed by atoms with E-state index in [0.717, 1.165) is 24.6 Å². The molecule has 1 amide bonds. The van der Waals surface area contributed by atoms with Gasteiger partial charge in [0.05, 0.1) is 17.6 Å². The van der Waals surface area contributed by atoms with E-state index in [9.17, 15) is 4.79 Å². The fourth-order valence-electron chi connectivity index (χ4n) is 3.07. The van der Waals surface area contributed by atoms with Gasteiger partial charge in [0.25, 0.3) is 0 Å². The van der Waals surface area contributed by atoms with Crippen LogP contribution in [0, 0.1) is 0 Å². The molecule has 26 heavy (non-hydrogen) atoms. The fourth-order valence-corrected chi connectivity index (χ4v) is 3.31. The number of hydrogen-bond acceptors (Lipinski definition) is 4. The number of carbonyl (C=O) groups excluding carboxylic acids is 1. The van der Waals surface area contributed by atoms with Crippen molar-refractivity contribution in [2.75, 3.05) is 23.3 Å². The highest BCUT2D eigenvalue weighted by molar-refractivity contribution is 6.31. The van der Waals surface area contributed by atoms with E-state index >= 15 is 0 Å². The molecule has 7 heteroatoms. The van der Waals surface area contributed by atoms with Gasteiger partial charge in [0.15, 0.2) is 5.15 Å². The van der Waals surface area contributed by atoms with Crippen LogP contribution in [0.2, 0.25) is 5.15 Å². The Morgan fingerprint density at radius 1 is 1.19 bits per heavy atom. The third kappa shape index (κ3) is 3.41. The van der Waals surface area contributed by atoms with Crippen LogP contribution >= 0.6 is 11.6 Å². The molecule has 0 aliphatic carbocycles. The zero-order valence-electron chi connectivity index (χ0n) is 14.1. The summed E-state index contributed by atoms with van der Waals surface area (Å²) in [5.74, 6) is 0.705. The van der Waals surface area contributed by atoms with E-state index in [1.54, 1.807) is 12.3 Å². The molecule has 1 N–H and O–H groups in total. The summed E-state index contributed by atoms with van der Waals surface area (Å²) in [6.07, 6.45) is 9.04. The quantitative estimate of drug-likeness (QED) is 0.715. The zero-order chi connectivity index (χ0) is 17.9. The number of amides is 1. The first-order valence-corrected chi connectivity index (χ1v) is 8.91. The SMILES string of the molecule is O=C(/C=C/c1c(Cl)nc2ccccn12)Nc1ccc(N2CCCC2)nc1. The Morgan fingerprint density at radius 3 is 2.81 bits per heavy atom. The third-order valence-electron chi connectivity index (χ3n) is 4.36. The minimum absolute atomic E-state index is 0.248. The van der Waals surface area contributed by atoms with Gasteiger partial charge in [-0.25, -0.2) is 9.97 Å². The summed E-state index contributed by atoms with van der Waals surface area (Å²) in [6, 6.07) is 9.43. The van der Waals surface area contributed by atoms with Crippen LogP contribution in [-0.2, 0) is 4.79 Å². The molecule has 0 bridgehead atoms. The summed E-state index contributed by atoms with van der Waals surface area (Å²) in [7, 11) is 0. The van der Waals surface area contributed by atoms with E-state index in [0.29, 0.717) is 16.5 Å². The van der Waals surface area contributed by atoms with Crippen LogP contribution in [0.15, 0.2) is 48.8 Å². The lowest BCUT2D eigenvalue weighted by Crippen LogP contribution is -2.19. The van der Waals surface area contributed by atoms with Crippen molar-refractivity contribution in [3.63, 3.8) is 0 Å². The van der Waals surface area contributed by atoms with Crippen molar-refractivity contribution in [2.24, 2.45) is 0 Å². The van der Waals surface area contributed by atoms with Crippen LogP contribution in [0.1, 0.15) is 18.5 Å². The molecule has 0 radical (unpaired) electrons. The predicted octanol–water partition coefficient (Wildman–Crippen LogP) is 3.63. The van der Waals surface area contributed by atoms with Crippen LogP contribution in [0.4, 0.5) is 11.5 Å². The molecule has 1 aliphatic heterocycles. The lowest BCUT2D eigenvalue weighted by Gasteiger charge is -2.16. The van der Waals surface area contributed by atoms with Crippen molar-refractivity contribution in [1.29, 1.82) is 0 Å². The second-order valence-corrected chi connectivity index (χ2v) is 6.50. The molecule has 3 aromatic rings. The second kappa shape index (κ2) is 7.17. The number of aromatic nitrogens is 3. The number of hydrogen-bond donors (Lipinski definition) is 1. The van der Waals surface area contributed by atoms with Gasteiger partial charge in [0.1, 0.15) is 11.5 Å². The highest BCUT2D eigenvalue weighted by atomic mass is 35.5. The predicted molar refractivity (Wildman–Crippen MR) is 104 cm³/mol. The first kappa shape index (κ1) is 16.6. The minimum atomic E-state index is -0.248. The smallest absolute Gasteiger partial charge is 0.248 e. The van der Waals surface area contributed by atoms with E-state index < -0.39 is 0 Å². The average Bonchev–Trinajstić information content (AvgIpc) is 3.28. The van der Waals surface area contributed by atoms with Gasteiger partial charge in [0.2, 0.25) is 5.91 Å². The largest absolute Gasteiger partial charge is 0.357 e. The van der Waals surface area contributed by atoms with Gasteiger partial charge in [-0.15, -0.1) is 0 Å². The molecule has 3 aromatic heterocycles. The maximum Gasteiger partial charge on any atom is 0.248 e. The molecule has 0 atom stereocenters. The first-order chi connectivity index (χ1) is 12.7. The number of anilines is 2. The monoisotopic (exact) mass is 367 g/mol. The highest BCUT2D eigenvalue weighted by Gasteiger charge is 2.13. The standard InChI is InChI=1S/C19H18ClN5O/c20-19-15(25-12-2-1-5-17(25)23-19)7-9-18(26)22-14-6-8-16(21-13-14)24-10-3-4-11-24/h1-2,5-9,12-13H,3-4,10-11H2,(H,22,26)/b9-7+. The molecule has 132 valence electrons. The van der Waals surface area contributed by atoms with Gasteiger partial charge in [-0.2, -0.15) is 0 Å². The number of halogens is 1. The maximum absolute atomic E-state index is 12.2. The minimum Gasteiger partial charge on any atom is -0.357 e. The summed E-state index contributed by atoms with van der Waals surface area (Å²) in [6.45, 7) is 2.09. The van der Waals surface area contributed by atoms with Crippen molar-refractivity contribution in [1.82, 2.24) is 14.4 Å². The molecule has 4 heterocycles. The Kier molecular flexibility index (Phi) is 4.58. The Morgan fingerprint density at radius 2 is 2.04 bits per heavy atom. The zero-order valence-corrected chi connectivity index (χ0v) is 14.9. The van der Waals surface area contributed by atoms with E-state index in [-0.39, 0.29) is 5.91 Å². The van der Waals surface area contributed by atoms with Crippen molar-refractivity contribution < 1.29 is 4.79 Å². The van der Waals surface area contributed by atoms with Crippen LogP contribution in [0.5, 0.6) is 0 Å². The maximum atomic E-state index is 12.2. The normalized spacial score (nSPS) is 14.4. The topological polar surface area (TPSA) is 62.5 Å². The molecule has 4 rings (SSSR count). The number of imidazole rings is 1. The van der Waals surface area contributed by atoms with Gasteiger partial charge in [-0.1, -0.05) is 17.7 Å². The lowest BCUT2D eigenvalue weighted by molar-refractivity contribution is -0.111. The van der Waals surface area contributed by atoms with Gasteiger partial charge in [0, 0.05) is 25.4 Å². The highest BCUT2D eigenvalue weighted by Crippen LogP contribution is 2.20. The summed E-state index contributed by atoms with van der Waals surface area (Å²) in [5, 5.41) is 3.17. The van der Waals surface area contributed by atoms with Crippen LogP contribution in [-0.4, -0.2) is 33.4 Å². The van der Waals surface area contributed by atoms with Crippen LogP contribution in [0.25, 0.3) is 11.7 Å². The van der Waals surface area contributed by atoms with Crippen molar-refractivity contribution in [3.05, 3.63) is 59.6 Å². The third-order valence-corrected chi connectivity index (χ3v) is 4.64. The van der Waals surface area contributed by atoms with Crippen LogP contribution < -0.4 is 10.2 Å². The Balaban J connectivity index is 1.44. The van der Waals surface area contributed by atoms with E-state index in [1.165, 1.54) is 18.9 Å². The van der Waals surface area contributed by atoms with Crippen LogP contribution in [0.3, 0.4) is 0 Å². The summed E-state index contributed by atoms with van der Waals surface area (Å²) in [4.78, 5) is 23.1. The number of nitrogens with one attached hydrogen (secondary N) is 1. The lowest BCUT2D eigenvalue weighted by atomic mass is 10.3. The van der Waals surface area contributed by atoms with Gasteiger partial charge in [-0.05, 0) is 43.2 Å². The van der Waals surface area contributed by atoms with Crippen molar-refractivity contribution in [3.8, 4) is 0 Å². The summed E-state index contributed by atoms with van der Waals surface area (Å²) in [5.41, 5.74) is 2.06. The molecule has 0 aromatic carbocycles. The van der Waals surface area contributed by atoms with E-state index in [4.69, 9.17) is 11.6 Å². The summed E-state index contributed by atoms with van der Waals surface area (Å²) >= 11 is 6.16. The fraction of sp³-hybridized carbons (Fsp3) is 0.211. The Hall–Kier alpha value is -2.86. The molecule has 6 nitrogen and oxygen atoms in total. The van der Waals surface area contributed by atoms with Gasteiger partial charge in [-0.3, -0.25) is 9.20 Å². The second-order valence-electron chi connectivity index (χ2n) is 6.14. The van der Waals surface area contributed by atoms with Crippen molar-refractivity contribution >= 4 is 40.7 Å². The van der Waals surface area contributed by atoms with Gasteiger partial charge >= 0.3 is 0 Å². The van der Waals surface area contributed by atoms with E-state index in [1.807, 2.05) is 40.9 Å². The molecular formula is C19H18ClN5O. The average molecular weight is 368 g/mol. The molecule has 0 spiro atoms. The summed E-state index contributed by atoms with van der Waals surface area (Å²) < 4.78 is 1.83. The molecular weight excluding hydrogens is 350 g/mol. The Labute approximate surface area is 156 Å². The number of rotatable bonds is 4. The number of nitrogens with zero attached hydrogens (tertiary/aromatic N) is 4. The van der Waals surface area contributed by atoms with E-state index in [2.05, 4.69) is 20.2 Å². The number of fused-ring (bicyclic) bond motifs is 1.